The Morgan fingerprint density at radius 2 is 2.29 bits per heavy atom. The standard InChI is InChI=1S/C9H14N4O4/c1-6(16-3-4-17-7(2)14)13-5-11-8(10)12-9(13)15/h5-6H,3-4H2,1-2H3,(H2,10,12,15)/t6-/m1/s1. The van der Waals surface area contributed by atoms with Crippen LogP contribution in [0.5, 0.6) is 0 Å². The monoisotopic (exact) mass is 242 g/mol. The van der Waals surface area contributed by atoms with E-state index < -0.39 is 11.9 Å². The van der Waals surface area contributed by atoms with Crippen molar-refractivity contribution in [2.24, 2.45) is 0 Å². The Labute approximate surface area is 97.4 Å². The van der Waals surface area contributed by atoms with Gasteiger partial charge in [-0.2, -0.15) is 4.98 Å². The van der Waals surface area contributed by atoms with E-state index >= 15 is 0 Å². The maximum Gasteiger partial charge on any atom is 0.354 e. The molecule has 0 aromatic carbocycles. The van der Waals surface area contributed by atoms with E-state index in [1.807, 2.05) is 0 Å². The number of nitrogen functional groups attached to an aromatic ring is 1. The molecule has 1 rings (SSSR count). The van der Waals surface area contributed by atoms with Gasteiger partial charge < -0.3 is 15.2 Å². The van der Waals surface area contributed by atoms with E-state index in [0.717, 1.165) is 0 Å². The van der Waals surface area contributed by atoms with E-state index in [-0.39, 0.29) is 25.1 Å². The number of carbonyl (C=O) groups is 1. The Morgan fingerprint density at radius 3 is 2.88 bits per heavy atom. The molecule has 0 aliphatic heterocycles. The molecule has 0 amide bonds. The Bertz CT molecular complexity index is 445. The molecule has 8 nitrogen and oxygen atoms in total. The predicted molar refractivity (Wildman–Crippen MR) is 58.0 cm³/mol. The Morgan fingerprint density at radius 1 is 1.59 bits per heavy atom. The predicted octanol–water partition coefficient (Wildman–Crippen LogP) is -0.681. The molecule has 0 fully saturated rings. The average Bonchev–Trinajstić information content (AvgIpc) is 2.23. The lowest BCUT2D eigenvalue weighted by Crippen LogP contribution is -2.29. The van der Waals surface area contributed by atoms with Crippen LogP contribution in [0, 0.1) is 0 Å². The van der Waals surface area contributed by atoms with Crippen LogP contribution in [0.4, 0.5) is 5.95 Å². The summed E-state index contributed by atoms with van der Waals surface area (Å²) in [4.78, 5) is 29.0. The number of carbonyl (C=O) groups excluding carboxylic acids is 1. The van der Waals surface area contributed by atoms with Crippen LogP contribution in [0.1, 0.15) is 20.1 Å². The second kappa shape index (κ2) is 5.94. The van der Waals surface area contributed by atoms with E-state index in [2.05, 4.69) is 14.7 Å². The van der Waals surface area contributed by atoms with Crippen molar-refractivity contribution in [3.8, 4) is 0 Å². The van der Waals surface area contributed by atoms with Crippen molar-refractivity contribution in [1.29, 1.82) is 0 Å². The maximum absolute atomic E-state index is 11.4. The summed E-state index contributed by atoms with van der Waals surface area (Å²) < 4.78 is 11.1. The van der Waals surface area contributed by atoms with Crippen LogP contribution in [0.3, 0.4) is 0 Å². The largest absolute Gasteiger partial charge is 0.463 e. The number of hydrogen-bond acceptors (Lipinski definition) is 7. The van der Waals surface area contributed by atoms with Gasteiger partial charge in [0.15, 0.2) is 0 Å². The molecular formula is C9H14N4O4. The first kappa shape index (κ1) is 13.1. The zero-order chi connectivity index (χ0) is 12.8. The van der Waals surface area contributed by atoms with Crippen molar-refractivity contribution in [3.63, 3.8) is 0 Å². The summed E-state index contributed by atoms with van der Waals surface area (Å²) in [6.07, 6.45) is 0.694. The van der Waals surface area contributed by atoms with Crippen LogP contribution in [0.2, 0.25) is 0 Å². The quantitative estimate of drug-likeness (QED) is 0.538. The van der Waals surface area contributed by atoms with E-state index in [0.29, 0.717) is 0 Å². The average molecular weight is 242 g/mol. The van der Waals surface area contributed by atoms with E-state index in [9.17, 15) is 9.59 Å². The molecule has 1 atom stereocenters. The third-order valence-electron chi connectivity index (χ3n) is 1.88. The first-order chi connectivity index (χ1) is 8.00. The van der Waals surface area contributed by atoms with Gasteiger partial charge in [0.05, 0.1) is 6.61 Å². The molecule has 0 aliphatic rings. The number of esters is 1. The topological polar surface area (TPSA) is 109 Å². The molecule has 0 radical (unpaired) electrons. The summed E-state index contributed by atoms with van der Waals surface area (Å²) in [6, 6.07) is 0. The number of nitrogens with two attached hydrogens (primary N) is 1. The molecule has 17 heavy (non-hydrogen) atoms. The zero-order valence-corrected chi connectivity index (χ0v) is 9.62. The lowest BCUT2D eigenvalue weighted by Gasteiger charge is -2.14. The number of nitrogens with zero attached hydrogens (tertiary/aromatic N) is 3. The van der Waals surface area contributed by atoms with Gasteiger partial charge in [0.25, 0.3) is 0 Å². The first-order valence-electron chi connectivity index (χ1n) is 4.96. The highest BCUT2D eigenvalue weighted by Crippen LogP contribution is 2.02. The highest BCUT2D eigenvalue weighted by Gasteiger charge is 2.08. The van der Waals surface area contributed by atoms with E-state index in [4.69, 9.17) is 10.5 Å². The molecule has 2 N–H and O–H groups in total. The fraction of sp³-hybridized carbons (Fsp3) is 0.556. The zero-order valence-electron chi connectivity index (χ0n) is 9.62. The molecule has 0 saturated carbocycles. The van der Waals surface area contributed by atoms with Crippen LogP contribution < -0.4 is 11.4 Å². The van der Waals surface area contributed by atoms with Gasteiger partial charge in [-0.05, 0) is 6.92 Å². The molecule has 0 aliphatic carbocycles. The summed E-state index contributed by atoms with van der Waals surface area (Å²) in [7, 11) is 0. The smallest absolute Gasteiger partial charge is 0.354 e. The van der Waals surface area contributed by atoms with Crippen molar-refractivity contribution in [2.45, 2.75) is 20.1 Å². The fourth-order valence-electron chi connectivity index (χ4n) is 1.09. The number of hydrogen-bond donors (Lipinski definition) is 1. The highest BCUT2D eigenvalue weighted by atomic mass is 16.6. The fourth-order valence-corrected chi connectivity index (χ4v) is 1.09. The normalized spacial score (nSPS) is 12.1. The van der Waals surface area contributed by atoms with Crippen LogP contribution >= 0.6 is 0 Å². The molecule has 0 unspecified atom stereocenters. The first-order valence-corrected chi connectivity index (χ1v) is 4.96. The Kier molecular flexibility index (Phi) is 4.58. The van der Waals surface area contributed by atoms with Gasteiger partial charge in [-0.1, -0.05) is 0 Å². The minimum absolute atomic E-state index is 0.0848. The van der Waals surface area contributed by atoms with Crippen molar-refractivity contribution < 1.29 is 14.3 Å². The summed E-state index contributed by atoms with van der Waals surface area (Å²) in [5, 5.41) is 0. The lowest BCUT2D eigenvalue weighted by molar-refractivity contribution is -0.143. The summed E-state index contributed by atoms with van der Waals surface area (Å²) in [5.74, 6) is -0.465. The van der Waals surface area contributed by atoms with E-state index in [1.165, 1.54) is 17.8 Å². The number of rotatable bonds is 5. The SMILES string of the molecule is CC(=O)OCCO[C@H](C)n1cnc(N)nc1=O. The number of ether oxygens (including phenoxy) is 2. The second-order valence-corrected chi connectivity index (χ2v) is 3.21. The van der Waals surface area contributed by atoms with Crippen molar-refractivity contribution >= 4 is 11.9 Å². The molecule has 1 aromatic rings. The minimum atomic E-state index is -0.557. The van der Waals surface area contributed by atoms with Gasteiger partial charge in [0, 0.05) is 6.92 Å². The van der Waals surface area contributed by atoms with Gasteiger partial charge in [0.2, 0.25) is 5.95 Å². The molecule has 8 heteroatoms. The van der Waals surface area contributed by atoms with Crippen LogP contribution in [0.15, 0.2) is 11.1 Å². The lowest BCUT2D eigenvalue weighted by atomic mass is 10.6. The van der Waals surface area contributed by atoms with Crippen LogP contribution in [-0.4, -0.2) is 33.7 Å². The van der Waals surface area contributed by atoms with Gasteiger partial charge in [-0.25, -0.2) is 9.78 Å². The summed E-state index contributed by atoms with van der Waals surface area (Å²) >= 11 is 0. The summed E-state index contributed by atoms with van der Waals surface area (Å²) in [6.45, 7) is 3.26. The van der Waals surface area contributed by atoms with Crippen molar-refractivity contribution in [2.75, 3.05) is 18.9 Å². The molecule has 1 aromatic heterocycles. The van der Waals surface area contributed by atoms with Gasteiger partial charge in [0.1, 0.15) is 19.2 Å². The minimum Gasteiger partial charge on any atom is -0.463 e. The second-order valence-electron chi connectivity index (χ2n) is 3.21. The van der Waals surface area contributed by atoms with Crippen LogP contribution in [-0.2, 0) is 14.3 Å². The number of aromatic nitrogens is 3. The van der Waals surface area contributed by atoms with Crippen molar-refractivity contribution in [1.82, 2.24) is 14.5 Å². The van der Waals surface area contributed by atoms with Gasteiger partial charge in [-0.3, -0.25) is 9.36 Å². The molecular weight excluding hydrogens is 228 g/mol. The van der Waals surface area contributed by atoms with Crippen LogP contribution in [0.25, 0.3) is 0 Å². The summed E-state index contributed by atoms with van der Waals surface area (Å²) in [5.41, 5.74) is 4.70. The third-order valence-corrected chi connectivity index (χ3v) is 1.88. The molecule has 1 heterocycles. The van der Waals surface area contributed by atoms with Gasteiger partial charge in [-0.15, -0.1) is 0 Å². The third kappa shape index (κ3) is 4.19. The number of anilines is 1. The highest BCUT2D eigenvalue weighted by molar-refractivity contribution is 5.65. The molecule has 0 saturated heterocycles. The molecule has 0 bridgehead atoms. The molecule has 0 spiro atoms. The van der Waals surface area contributed by atoms with Crippen molar-refractivity contribution in [3.05, 3.63) is 16.8 Å². The van der Waals surface area contributed by atoms with Gasteiger partial charge >= 0.3 is 11.7 Å². The Balaban J connectivity index is 2.49. The van der Waals surface area contributed by atoms with E-state index in [1.54, 1.807) is 6.92 Å². The Hall–Kier alpha value is -1.96. The molecule has 94 valence electrons. The maximum atomic E-state index is 11.4.